The third kappa shape index (κ3) is 3.42. The molecule has 0 unspecified atom stereocenters. The second-order valence-electron chi connectivity index (χ2n) is 5.57. The largest absolute Gasteiger partial charge is 0.497 e. The smallest absolute Gasteiger partial charge is 0.213 e. The van der Waals surface area contributed by atoms with Crippen LogP contribution in [0.3, 0.4) is 0 Å². The first-order valence-corrected chi connectivity index (χ1v) is 8.36. The van der Waals surface area contributed by atoms with E-state index < -0.39 is 0 Å². The second-order valence-corrected chi connectivity index (χ2v) is 5.57. The van der Waals surface area contributed by atoms with Gasteiger partial charge in [-0.3, -0.25) is 0 Å². The fourth-order valence-corrected chi connectivity index (χ4v) is 2.75. The van der Waals surface area contributed by atoms with Crippen LogP contribution in [0.15, 0.2) is 42.5 Å². The normalized spacial score (nSPS) is 12.3. The Kier molecular flexibility index (Phi) is 5.27. The summed E-state index contributed by atoms with van der Waals surface area (Å²) in [4.78, 5) is 14.0. The minimum Gasteiger partial charge on any atom is -0.497 e. The summed E-state index contributed by atoms with van der Waals surface area (Å²) < 4.78 is 10.6. The number of hydrogen-bond donors (Lipinski definition) is 0. The molecule has 0 saturated carbocycles. The highest BCUT2D eigenvalue weighted by atomic mass is 16.5. The van der Waals surface area contributed by atoms with E-state index in [1.807, 2.05) is 62.4 Å². The van der Waals surface area contributed by atoms with Crippen molar-refractivity contribution in [3.63, 3.8) is 0 Å². The van der Waals surface area contributed by atoms with Crippen molar-refractivity contribution in [3.8, 4) is 34.4 Å². The van der Waals surface area contributed by atoms with Crippen LogP contribution in [0.2, 0.25) is 0 Å². The molecular formula is C21H21N3O2. The fourth-order valence-electron chi connectivity index (χ4n) is 2.75. The predicted molar refractivity (Wildman–Crippen MR) is 103 cm³/mol. The molecule has 0 atom stereocenters. The van der Waals surface area contributed by atoms with Gasteiger partial charge >= 0.3 is 0 Å². The molecule has 0 aliphatic carbocycles. The Balaban J connectivity index is 2.29. The molecule has 0 fully saturated rings. The Morgan fingerprint density at radius 1 is 0.846 bits per heavy atom. The van der Waals surface area contributed by atoms with Gasteiger partial charge in [-0.15, -0.1) is 0 Å². The summed E-state index contributed by atoms with van der Waals surface area (Å²) in [6.45, 7) is 3.95. The number of benzene rings is 1. The van der Waals surface area contributed by atoms with Crippen molar-refractivity contribution < 1.29 is 9.47 Å². The summed E-state index contributed by atoms with van der Waals surface area (Å²) in [5.41, 5.74) is 2.47. The maximum Gasteiger partial charge on any atom is 0.213 e. The zero-order valence-electron chi connectivity index (χ0n) is 15.4. The minimum atomic E-state index is 0.530. The number of ether oxygens (including phenoxy) is 2. The number of hydrogen-bond acceptors (Lipinski definition) is 5. The van der Waals surface area contributed by atoms with Crippen molar-refractivity contribution in [1.82, 2.24) is 15.0 Å². The number of rotatable bonds is 4. The van der Waals surface area contributed by atoms with Gasteiger partial charge in [0.05, 0.1) is 25.3 Å². The van der Waals surface area contributed by atoms with E-state index in [0.29, 0.717) is 17.4 Å². The number of aromatic nitrogens is 3. The van der Waals surface area contributed by atoms with Gasteiger partial charge in [0.25, 0.3) is 0 Å². The summed E-state index contributed by atoms with van der Waals surface area (Å²) in [6.07, 6.45) is 4.00. The third-order valence-electron chi connectivity index (χ3n) is 4.04. The highest BCUT2D eigenvalue weighted by Crippen LogP contribution is 2.21. The fraction of sp³-hybridized carbons (Fsp3) is 0.190. The van der Waals surface area contributed by atoms with E-state index in [2.05, 4.69) is 9.97 Å². The topological polar surface area (TPSA) is 57.1 Å². The number of nitrogens with zero attached hydrogens (tertiary/aromatic N) is 3. The SMILES string of the molecule is C/C=c1/c(-c2cccc(OC)c2)nc(-c2cccc(OC)n2)n/c1=C/C. The molecular weight excluding hydrogens is 326 g/mol. The van der Waals surface area contributed by atoms with Crippen LogP contribution in [-0.4, -0.2) is 29.2 Å². The Morgan fingerprint density at radius 3 is 2.35 bits per heavy atom. The van der Waals surface area contributed by atoms with E-state index in [-0.39, 0.29) is 0 Å². The average molecular weight is 347 g/mol. The lowest BCUT2D eigenvalue weighted by molar-refractivity contribution is 0.398. The lowest BCUT2D eigenvalue weighted by atomic mass is 10.1. The van der Waals surface area contributed by atoms with Gasteiger partial charge < -0.3 is 9.47 Å². The first-order chi connectivity index (χ1) is 12.7. The molecule has 2 aromatic heterocycles. The molecule has 0 bridgehead atoms. The zero-order valence-corrected chi connectivity index (χ0v) is 15.4. The van der Waals surface area contributed by atoms with Gasteiger partial charge in [0, 0.05) is 16.8 Å². The molecule has 3 aromatic rings. The van der Waals surface area contributed by atoms with Crippen LogP contribution in [0.5, 0.6) is 11.6 Å². The molecule has 0 saturated heterocycles. The van der Waals surface area contributed by atoms with Crippen molar-refractivity contribution in [1.29, 1.82) is 0 Å². The van der Waals surface area contributed by atoms with Crippen LogP contribution >= 0.6 is 0 Å². The van der Waals surface area contributed by atoms with Gasteiger partial charge in [0.15, 0.2) is 5.82 Å². The van der Waals surface area contributed by atoms with Gasteiger partial charge in [-0.1, -0.05) is 30.4 Å². The Hall–Kier alpha value is -3.21. The second kappa shape index (κ2) is 7.78. The van der Waals surface area contributed by atoms with Crippen LogP contribution in [0.1, 0.15) is 13.8 Å². The molecule has 0 amide bonds. The van der Waals surface area contributed by atoms with E-state index in [4.69, 9.17) is 14.5 Å². The van der Waals surface area contributed by atoms with Gasteiger partial charge in [-0.2, -0.15) is 0 Å². The van der Waals surface area contributed by atoms with Gasteiger partial charge in [-0.05, 0) is 32.0 Å². The summed E-state index contributed by atoms with van der Waals surface area (Å²) in [5.74, 6) is 1.87. The van der Waals surface area contributed by atoms with Crippen LogP contribution < -0.4 is 20.0 Å². The van der Waals surface area contributed by atoms with Crippen molar-refractivity contribution in [2.45, 2.75) is 13.8 Å². The van der Waals surface area contributed by atoms with Gasteiger partial charge in [-0.25, -0.2) is 15.0 Å². The summed E-state index contributed by atoms with van der Waals surface area (Å²) in [7, 11) is 3.25. The number of methoxy groups -OCH3 is 2. The highest BCUT2D eigenvalue weighted by molar-refractivity contribution is 5.65. The minimum absolute atomic E-state index is 0.530. The number of pyridine rings is 1. The molecule has 1 aromatic carbocycles. The first-order valence-electron chi connectivity index (χ1n) is 8.36. The summed E-state index contributed by atoms with van der Waals surface area (Å²) in [6, 6.07) is 13.4. The van der Waals surface area contributed by atoms with Crippen LogP contribution in [0.25, 0.3) is 34.9 Å². The summed E-state index contributed by atoms with van der Waals surface area (Å²) in [5, 5.41) is 1.84. The standard InChI is InChI=1S/C21H21N3O2/c1-5-16-17(6-2)23-21(18-11-8-12-19(22-18)26-4)24-20(16)14-9-7-10-15(13-14)25-3/h5-13H,1-4H3/b16-5+,17-6+. The zero-order chi connectivity index (χ0) is 18.5. The highest BCUT2D eigenvalue weighted by Gasteiger charge is 2.11. The molecule has 0 radical (unpaired) electrons. The van der Waals surface area contributed by atoms with E-state index in [1.54, 1.807) is 20.3 Å². The molecule has 0 aliphatic rings. The summed E-state index contributed by atoms with van der Waals surface area (Å²) >= 11 is 0. The van der Waals surface area contributed by atoms with Crippen molar-refractivity contribution in [2.75, 3.05) is 14.2 Å². The van der Waals surface area contributed by atoms with Crippen molar-refractivity contribution in [3.05, 3.63) is 53.0 Å². The van der Waals surface area contributed by atoms with E-state index in [9.17, 15) is 0 Å². The Labute approximate surface area is 152 Å². The van der Waals surface area contributed by atoms with Crippen LogP contribution in [0, 0.1) is 0 Å². The molecule has 0 N–H and O–H groups in total. The molecule has 26 heavy (non-hydrogen) atoms. The molecule has 2 heterocycles. The van der Waals surface area contributed by atoms with E-state index in [0.717, 1.165) is 27.6 Å². The average Bonchev–Trinajstić information content (AvgIpc) is 2.72. The molecule has 132 valence electrons. The van der Waals surface area contributed by atoms with E-state index in [1.165, 1.54) is 0 Å². The van der Waals surface area contributed by atoms with Crippen LogP contribution in [-0.2, 0) is 0 Å². The van der Waals surface area contributed by atoms with Gasteiger partial charge in [0.1, 0.15) is 11.4 Å². The Bertz CT molecular complexity index is 1050. The van der Waals surface area contributed by atoms with E-state index >= 15 is 0 Å². The maximum atomic E-state index is 5.36. The lowest BCUT2D eigenvalue weighted by Gasteiger charge is -2.09. The molecule has 5 heteroatoms. The Morgan fingerprint density at radius 2 is 1.65 bits per heavy atom. The lowest BCUT2D eigenvalue weighted by Crippen LogP contribution is -2.31. The molecule has 5 nitrogen and oxygen atoms in total. The third-order valence-corrected chi connectivity index (χ3v) is 4.04. The quantitative estimate of drug-likeness (QED) is 0.726. The molecule has 0 aliphatic heterocycles. The predicted octanol–water partition coefficient (Wildman–Crippen LogP) is 2.82. The first kappa shape index (κ1) is 17.6. The van der Waals surface area contributed by atoms with Gasteiger partial charge in [0.2, 0.25) is 5.88 Å². The van der Waals surface area contributed by atoms with Crippen molar-refractivity contribution >= 4 is 12.2 Å². The molecule has 0 spiro atoms. The molecule has 3 rings (SSSR count). The van der Waals surface area contributed by atoms with Crippen molar-refractivity contribution in [2.24, 2.45) is 0 Å². The van der Waals surface area contributed by atoms with Crippen LogP contribution in [0.4, 0.5) is 0 Å². The maximum absolute atomic E-state index is 5.36. The monoisotopic (exact) mass is 347 g/mol.